The summed E-state index contributed by atoms with van der Waals surface area (Å²) in [6.07, 6.45) is 0.601. The second-order valence-electron chi connectivity index (χ2n) is 8.15. The minimum atomic E-state index is -0.290. The van der Waals surface area contributed by atoms with Gasteiger partial charge in [0, 0.05) is 31.9 Å². The van der Waals surface area contributed by atoms with Gasteiger partial charge >= 0.3 is 0 Å². The summed E-state index contributed by atoms with van der Waals surface area (Å²) < 4.78 is 11.2. The summed E-state index contributed by atoms with van der Waals surface area (Å²) in [5.41, 5.74) is 1.36. The monoisotopic (exact) mass is 516 g/mol. The van der Waals surface area contributed by atoms with Crippen LogP contribution in [-0.4, -0.2) is 47.9 Å². The number of furan rings is 1. The molecule has 0 saturated heterocycles. The van der Waals surface area contributed by atoms with Gasteiger partial charge in [-0.2, -0.15) is 0 Å². The average molecular weight is 517 g/mol. The molecule has 0 bridgehead atoms. The lowest BCUT2D eigenvalue weighted by molar-refractivity contribution is -0.133. The highest BCUT2D eigenvalue weighted by molar-refractivity contribution is 6.42. The zero-order valence-electron chi connectivity index (χ0n) is 20.0. The van der Waals surface area contributed by atoms with Crippen molar-refractivity contribution < 1.29 is 18.7 Å². The van der Waals surface area contributed by atoms with Crippen molar-refractivity contribution >= 4 is 35.0 Å². The Balaban J connectivity index is 1.80. The molecule has 0 atom stereocenters. The second-order valence-corrected chi connectivity index (χ2v) is 8.97. The number of carbonyl (C=O) groups excluding carboxylic acids is 2. The van der Waals surface area contributed by atoms with Crippen LogP contribution in [0.3, 0.4) is 0 Å². The predicted octanol–water partition coefficient (Wildman–Crippen LogP) is 5.99. The normalized spacial score (nSPS) is 10.9. The van der Waals surface area contributed by atoms with Gasteiger partial charge in [0.1, 0.15) is 18.1 Å². The third-order valence-electron chi connectivity index (χ3n) is 5.41. The van der Waals surface area contributed by atoms with E-state index >= 15 is 0 Å². The molecule has 1 heterocycles. The smallest absolute Gasteiger partial charge is 0.254 e. The van der Waals surface area contributed by atoms with Crippen molar-refractivity contribution in [3.8, 4) is 0 Å². The first kappa shape index (κ1) is 26.8. The maximum Gasteiger partial charge on any atom is 0.254 e. The predicted molar refractivity (Wildman–Crippen MR) is 138 cm³/mol. The zero-order chi connectivity index (χ0) is 25.2. The Morgan fingerprint density at radius 3 is 2.37 bits per heavy atom. The number of benzene rings is 2. The molecule has 0 aliphatic heterocycles. The Kier molecular flexibility index (Phi) is 10.2. The van der Waals surface area contributed by atoms with E-state index in [1.165, 1.54) is 11.0 Å². The fourth-order valence-corrected chi connectivity index (χ4v) is 3.92. The molecular formula is C27H30Cl2N2O4. The number of carbonyl (C=O) groups is 2. The molecule has 2 amide bonds. The van der Waals surface area contributed by atoms with Crippen LogP contribution in [-0.2, 0) is 22.6 Å². The van der Waals surface area contributed by atoms with Crippen molar-refractivity contribution in [2.75, 3.05) is 26.3 Å². The quantitative estimate of drug-likeness (QED) is 0.277. The van der Waals surface area contributed by atoms with Gasteiger partial charge in [-0.25, -0.2) is 0 Å². The van der Waals surface area contributed by atoms with Crippen molar-refractivity contribution in [2.24, 2.45) is 0 Å². The van der Waals surface area contributed by atoms with Gasteiger partial charge in [-0.15, -0.1) is 0 Å². The highest BCUT2D eigenvalue weighted by atomic mass is 35.5. The number of hydrogen-bond acceptors (Lipinski definition) is 4. The van der Waals surface area contributed by atoms with Crippen LogP contribution in [0.2, 0.25) is 10.0 Å². The van der Waals surface area contributed by atoms with E-state index < -0.39 is 0 Å². The van der Waals surface area contributed by atoms with E-state index in [9.17, 15) is 9.59 Å². The standard InChI is InChI=1S/C27H30Cl2N2O4/c1-3-34-15-7-14-30(27(33)22-11-13-24(28)25(29)16-22)19-26(32)31(17-21-8-5-4-6-9-21)18-23-12-10-20(2)35-23/h4-6,8-13,16H,3,7,14-15,17-19H2,1-2H3. The van der Waals surface area contributed by atoms with Crippen LogP contribution >= 0.6 is 23.2 Å². The lowest BCUT2D eigenvalue weighted by Gasteiger charge is -2.27. The summed E-state index contributed by atoms with van der Waals surface area (Å²) in [5.74, 6) is 0.986. The molecule has 0 radical (unpaired) electrons. The SMILES string of the molecule is CCOCCCN(CC(=O)N(Cc1ccccc1)Cc1ccc(C)o1)C(=O)c1ccc(Cl)c(Cl)c1. The molecule has 35 heavy (non-hydrogen) atoms. The summed E-state index contributed by atoms with van der Waals surface area (Å²) >= 11 is 12.2. The Labute approximate surface area is 216 Å². The van der Waals surface area contributed by atoms with E-state index in [1.807, 2.05) is 56.3 Å². The molecule has 1 aromatic heterocycles. The maximum absolute atomic E-state index is 13.5. The van der Waals surface area contributed by atoms with Crippen LogP contribution in [0.25, 0.3) is 0 Å². The molecule has 2 aromatic carbocycles. The van der Waals surface area contributed by atoms with Crippen LogP contribution in [0.1, 0.15) is 40.8 Å². The first-order valence-corrected chi connectivity index (χ1v) is 12.3. The molecular weight excluding hydrogens is 487 g/mol. The van der Waals surface area contributed by atoms with Crippen molar-refractivity contribution in [3.63, 3.8) is 0 Å². The third kappa shape index (κ3) is 8.13. The first-order chi connectivity index (χ1) is 16.9. The minimum Gasteiger partial charge on any atom is -0.464 e. The average Bonchev–Trinajstić information content (AvgIpc) is 3.27. The molecule has 3 aromatic rings. The molecule has 0 saturated carbocycles. The first-order valence-electron chi connectivity index (χ1n) is 11.6. The van der Waals surface area contributed by atoms with Crippen LogP contribution < -0.4 is 0 Å². The third-order valence-corrected chi connectivity index (χ3v) is 6.15. The van der Waals surface area contributed by atoms with E-state index in [4.69, 9.17) is 32.4 Å². The van der Waals surface area contributed by atoms with Gasteiger partial charge in [0.05, 0.1) is 16.6 Å². The number of amides is 2. The van der Waals surface area contributed by atoms with Gasteiger partial charge in [-0.05, 0) is 56.2 Å². The molecule has 0 spiro atoms. The van der Waals surface area contributed by atoms with Gasteiger partial charge in [0.2, 0.25) is 5.91 Å². The van der Waals surface area contributed by atoms with Crippen molar-refractivity contribution in [1.29, 1.82) is 0 Å². The van der Waals surface area contributed by atoms with Crippen molar-refractivity contribution in [3.05, 3.63) is 93.4 Å². The number of nitrogens with zero attached hydrogens (tertiary/aromatic N) is 2. The summed E-state index contributed by atoms with van der Waals surface area (Å²) in [4.78, 5) is 30.1. The fraction of sp³-hybridized carbons (Fsp3) is 0.333. The highest BCUT2D eigenvalue weighted by Crippen LogP contribution is 2.23. The summed E-state index contributed by atoms with van der Waals surface area (Å²) in [5, 5.41) is 0.655. The number of aryl methyl sites for hydroxylation is 1. The summed E-state index contributed by atoms with van der Waals surface area (Å²) in [7, 11) is 0. The molecule has 0 aliphatic rings. The van der Waals surface area contributed by atoms with E-state index in [2.05, 4.69) is 0 Å². The number of halogens is 2. The highest BCUT2D eigenvalue weighted by Gasteiger charge is 2.24. The Hall–Kier alpha value is -2.80. The van der Waals surface area contributed by atoms with Gasteiger partial charge in [-0.1, -0.05) is 53.5 Å². The molecule has 0 fully saturated rings. The Morgan fingerprint density at radius 2 is 1.71 bits per heavy atom. The number of rotatable bonds is 12. The minimum absolute atomic E-state index is 0.0856. The molecule has 186 valence electrons. The number of hydrogen-bond donors (Lipinski definition) is 0. The topological polar surface area (TPSA) is 63.0 Å². The largest absolute Gasteiger partial charge is 0.464 e. The van der Waals surface area contributed by atoms with E-state index in [0.29, 0.717) is 55.6 Å². The molecule has 0 unspecified atom stereocenters. The maximum atomic E-state index is 13.5. The van der Waals surface area contributed by atoms with Crippen molar-refractivity contribution in [1.82, 2.24) is 9.80 Å². The molecule has 0 aliphatic carbocycles. The van der Waals surface area contributed by atoms with Crippen LogP contribution in [0, 0.1) is 6.92 Å². The zero-order valence-corrected chi connectivity index (χ0v) is 21.5. The Bertz CT molecular complexity index is 1120. The molecule has 3 rings (SSSR count). The van der Waals surface area contributed by atoms with Crippen LogP contribution in [0.5, 0.6) is 0 Å². The fourth-order valence-electron chi connectivity index (χ4n) is 3.62. The van der Waals surface area contributed by atoms with E-state index in [-0.39, 0.29) is 23.4 Å². The molecule has 6 nitrogen and oxygen atoms in total. The molecule has 0 N–H and O–H groups in total. The lowest BCUT2D eigenvalue weighted by Crippen LogP contribution is -2.43. The van der Waals surface area contributed by atoms with E-state index in [1.54, 1.807) is 17.0 Å². The lowest BCUT2D eigenvalue weighted by atomic mass is 10.1. The molecule has 8 heteroatoms. The van der Waals surface area contributed by atoms with Gasteiger partial charge < -0.3 is 19.0 Å². The van der Waals surface area contributed by atoms with E-state index in [0.717, 1.165) is 11.3 Å². The Morgan fingerprint density at radius 1 is 0.943 bits per heavy atom. The number of ether oxygens (including phenoxy) is 1. The van der Waals surface area contributed by atoms with Crippen molar-refractivity contribution in [2.45, 2.75) is 33.4 Å². The summed E-state index contributed by atoms with van der Waals surface area (Å²) in [6, 6.07) is 18.2. The second kappa shape index (κ2) is 13.3. The van der Waals surface area contributed by atoms with Gasteiger partial charge in [-0.3, -0.25) is 9.59 Å². The van der Waals surface area contributed by atoms with Crippen LogP contribution in [0.15, 0.2) is 65.1 Å². The van der Waals surface area contributed by atoms with Gasteiger partial charge in [0.15, 0.2) is 0 Å². The summed E-state index contributed by atoms with van der Waals surface area (Å²) in [6.45, 7) is 5.84. The van der Waals surface area contributed by atoms with Crippen LogP contribution in [0.4, 0.5) is 0 Å². The van der Waals surface area contributed by atoms with Gasteiger partial charge in [0.25, 0.3) is 5.91 Å².